The second-order valence-electron chi connectivity index (χ2n) is 9.58. The van der Waals surface area contributed by atoms with Gasteiger partial charge in [0.05, 0.1) is 0 Å². The molecule has 0 spiro atoms. The molecule has 3 nitrogen and oxygen atoms in total. The summed E-state index contributed by atoms with van der Waals surface area (Å²) in [7, 11) is 0. The number of carbonyl (C=O) groups is 1. The fraction of sp³-hybridized carbons (Fsp3) is 0.630. The normalized spacial score (nSPS) is 21.2. The van der Waals surface area contributed by atoms with E-state index in [9.17, 15) is 13.6 Å². The standard InChI is InChI=1S/C27H40F3NO2/c1-7-11-23(22-12-9-8-10-13-22)14-24(28)21(6)31-25(18(2)3)26(33)20(5)16-27(29,30)15-19(4)17-32/h7-10,12,19-20,22-25,32H,1-2,11,13-17H2,3-6H3/t19?,20?,22?,23-,24?,25?/m0/s1. The molecule has 186 valence electrons. The molecule has 6 atom stereocenters. The molecule has 5 unspecified atom stereocenters. The molecule has 0 aromatic heterocycles. The molecule has 0 heterocycles. The minimum absolute atomic E-state index is 0.0500. The minimum Gasteiger partial charge on any atom is -0.396 e. The van der Waals surface area contributed by atoms with E-state index in [1.807, 2.05) is 12.2 Å². The predicted octanol–water partition coefficient (Wildman–Crippen LogP) is 6.69. The third-order valence-electron chi connectivity index (χ3n) is 6.17. The molecular weight excluding hydrogens is 427 g/mol. The average molecular weight is 468 g/mol. The molecule has 6 heteroatoms. The summed E-state index contributed by atoms with van der Waals surface area (Å²) in [6.07, 6.45) is 9.11. The molecule has 0 aromatic carbocycles. The lowest BCUT2D eigenvalue weighted by Gasteiger charge is -2.26. The van der Waals surface area contributed by atoms with E-state index in [1.54, 1.807) is 13.0 Å². The van der Waals surface area contributed by atoms with Gasteiger partial charge in [0.1, 0.15) is 12.2 Å². The lowest BCUT2D eigenvalue weighted by Crippen LogP contribution is -2.33. The number of aliphatic hydroxyl groups is 1. The van der Waals surface area contributed by atoms with Crippen LogP contribution in [0.2, 0.25) is 0 Å². The van der Waals surface area contributed by atoms with Crippen molar-refractivity contribution in [1.29, 1.82) is 0 Å². The van der Waals surface area contributed by atoms with Crippen molar-refractivity contribution >= 4 is 11.5 Å². The van der Waals surface area contributed by atoms with Gasteiger partial charge in [-0.1, -0.05) is 50.8 Å². The summed E-state index contributed by atoms with van der Waals surface area (Å²) in [5, 5.41) is 9.06. The maximum atomic E-state index is 15.2. The number of aliphatic imine (C=N–C) groups is 1. The average Bonchev–Trinajstić information content (AvgIpc) is 2.75. The van der Waals surface area contributed by atoms with Crippen molar-refractivity contribution in [3.05, 3.63) is 49.1 Å². The van der Waals surface area contributed by atoms with Gasteiger partial charge in [-0.2, -0.15) is 0 Å². The lowest BCUT2D eigenvalue weighted by molar-refractivity contribution is -0.127. The zero-order chi connectivity index (χ0) is 25.2. The third kappa shape index (κ3) is 9.83. The second kappa shape index (κ2) is 13.7. The largest absolute Gasteiger partial charge is 0.396 e. The van der Waals surface area contributed by atoms with Gasteiger partial charge in [-0.15, -0.1) is 6.58 Å². The van der Waals surface area contributed by atoms with Gasteiger partial charge in [0.15, 0.2) is 5.78 Å². The highest BCUT2D eigenvalue weighted by atomic mass is 19.3. The number of nitrogens with zero attached hydrogens (tertiary/aromatic N) is 1. The van der Waals surface area contributed by atoms with E-state index in [4.69, 9.17) is 5.11 Å². The SMILES string of the molecule is C=CC[C@@H](CC(F)C(C)=NC(C(=C)C)C(=O)C(C)CC(F)(F)CC(C)CO)C1C=CC=CC1. The number of alkyl halides is 3. The highest BCUT2D eigenvalue weighted by Gasteiger charge is 2.37. The molecule has 0 aliphatic heterocycles. The topological polar surface area (TPSA) is 49.7 Å². The van der Waals surface area contributed by atoms with E-state index in [0.717, 1.165) is 6.42 Å². The molecule has 0 aromatic rings. The molecule has 1 aliphatic rings. The molecule has 0 fully saturated rings. The number of ketones is 1. The fourth-order valence-corrected chi connectivity index (χ4v) is 4.22. The Bertz CT molecular complexity index is 756. The van der Waals surface area contributed by atoms with E-state index in [0.29, 0.717) is 12.0 Å². The van der Waals surface area contributed by atoms with Crippen LogP contribution in [0.1, 0.15) is 59.8 Å². The number of hydrogen-bond donors (Lipinski definition) is 1. The highest BCUT2D eigenvalue weighted by molar-refractivity contribution is 5.94. The van der Waals surface area contributed by atoms with Gasteiger partial charge in [0, 0.05) is 31.1 Å². The molecule has 0 saturated heterocycles. The first-order chi connectivity index (χ1) is 15.4. The van der Waals surface area contributed by atoms with Crippen molar-refractivity contribution in [2.24, 2.45) is 28.7 Å². The molecule has 1 N–H and O–H groups in total. The van der Waals surface area contributed by atoms with Crippen LogP contribution in [0.25, 0.3) is 0 Å². The van der Waals surface area contributed by atoms with Crippen LogP contribution in [0, 0.1) is 23.7 Å². The smallest absolute Gasteiger partial charge is 0.249 e. The predicted molar refractivity (Wildman–Crippen MR) is 131 cm³/mol. The molecule has 0 radical (unpaired) electrons. The molecular formula is C27H40F3NO2. The number of halogens is 3. The Labute approximate surface area is 197 Å². The van der Waals surface area contributed by atoms with Crippen LogP contribution in [0.15, 0.2) is 54.1 Å². The van der Waals surface area contributed by atoms with Crippen molar-refractivity contribution in [3.63, 3.8) is 0 Å². The third-order valence-corrected chi connectivity index (χ3v) is 6.17. The number of Topliss-reactive ketones (excluding diaryl/α,β-unsaturated/α-hetero) is 1. The van der Waals surface area contributed by atoms with Crippen molar-refractivity contribution < 1.29 is 23.1 Å². The fourth-order valence-electron chi connectivity index (χ4n) is 4.22. The number of hydrogen-bond acceptors (Lipinski definition) is 3. The van der Waals surface area contributed by atoms with Crippen LogP contribution in [0.3, 0.4) is 0 Å². The van der Waals surface area contributed by atoms with Crippen molar-refractivity contribution in [2.45, 2.75) is 77.9 Å². The van der Waals surface area contributed by atoms with Gasteiger partial charge >= 0.3 is 0 Å². The van der Waals surface area contributed by atoms with Gasteiger partial charge in [-0.05, 0) is 56.4 Å². The number of allylic oxidation sites excluding steroid dienone is 5. The zero-order valence-corrected chi connectivity index (χ0v) is 20.4. The number of aliphatic hydroxyl groups excluding tert-OH is 1. The number of rotatable bonds is 15. The summed E-state index contributed by atoms with van der Waals surface area (Å²) in [6.45, 7) is 13.4. The molecule has 0 amide bonds. The molecule has 0 bridgehead atoms. The maximum Gasteiger partial charge on any atom is 0.249 e. The number of carbonyl (C=O) groups excluding carboxylic acids is 1. The quantitative estimate of drug-likeness (QED) is 0.215. The van der Waals surface area contributed by atoms with Crippen LogP contribution in [0.4, 0.5) is 13.2 Å². The van der Waals surface area contributed by atoms with Gasteiger partial charge in [-0.25, -0.2) is 13.2 Å². The Balaban J connectivity index is 2.92. The summed E-state index contributed by atoms with van der Waals surface area (Å²) in [4.78, 5) is 17.3. The van der Waals surface area contributed by atoms with Gasteiger partial charge < -0.3 is 5.11 Å². The Morgan fingerprint density at radius 1 is 1.27 bits per heavy atom. The van der Waals surface area contributed by atoms with E-state index in [2.05, 4.69) is 30.3 Å². The van der Waals surface area contributed by atoms with E-state index in [1.165, 1.54) is 20.8 Å². The minimum atomic E-state index is -3.09. The Morgan fingerprint density at radius 2 is 1.94 bits per heavy atom. The maximum absolute atomic E-state index is 15.2. The Kier molecular flexibility index (Phi) is 12.1. The van der Waals surface area contributed by atoms with E-state index >= 15 is 4.39 Å². The van der Waals surface area contributed by atoms with Crippen LogP contribution < -0.4 is 0 Å². The first-order valence-electron chi connectivity index (χ1n) is 11.7. The second-order valence-corrected chi connectivity index (χ2v) is 9.58. The van der Waals surface area contributed by atoms with Crippen molar-refractivity contribution in [1.82, 2.24) is 0 Å². The molecule has 1 rings (SSSR count). The van der Waals surface area contributed by atoms with E-state index < -0.39 is 48.6 Å². The van der Waals surface area contributed by atoms with Gasteiger partial charge in [-0.3, -0.25) is 9.79 Å². The summed E-state index contributed by atoms with van der Waals surface area (Å²) in [5.74, 6) is -4.86. The molecule has 1 aliphatic carbocycles. The van der Waals surface area contributed by atoms with Crippen LogP contribution >= 0.6 is 0 Å². The Morgan fingerprint density at radius 3 is 2.45 bits per heavy atom. The highest BCUT2D eigenvalue weighted by Crippen LogP contribution is 2.33. The zero-order valence-electron chi connectivity index (χ0n) is 20.4. The summed E-state index contributed by atoms with van der Waals surface area (Å²) >= 11 is 0. The monoisotopic (exact) mass is 467 g/mol. The van der Waals surface area contributed by atoms with E-state index in [-0.39, 0.29) is 30.6 Å². The summed E-state index contributed by atoms with van der Waals surface area (Å²) in [5.41, 5.74) is 0.571. The lowest BCUT2D eigenvalue weighted by atomic mass is 9.81. The van der Waals surface area contributed by atoms with Crippen LogP contribution in [-0.4, -0.2) is 41.3 Å². The summed E-state index contributed by atoms with van der Waals surface area (Å²) in [6, 6.07) is -1.06. The van der Waals surface area contributed by atoms with Crippen molar-refractivity contribution in [2.75, 3.05) is 6.61 Å². The summed E-state index contributed by atoms with van der Waals surface area (Å²) < 4.78 is 43.8. The first kappa shape index (κ1) is 29.1. The molecule has 0 saturated carbocycles. The van der Waals surface area contributed by atoms with Gasteiger partial charge in [0.25, 0.3) is 0 Å². The first-order valence-corrected chi connectivity index (χ1v) is 11.7. The van der Waals surface area contributed by atoms with Crippen molar-refractivity contribution in [3.8, 4) is 0 Å². The molecule has 33 heavy (non-hydrogen) atoms. The van der Waals surface area contributed by atoms with Crippen LogP contribution in [-0.2, 0) is 4.79 Å². The van der Waals surface area contributed by atoms with Gasteiger partial charge in [0.2, 0.25) is 5.92 Å². The Hall–Kier alpha value is -1.95. The van der Waals surface area contributed by atoms with Crippen LogP contribution in [0.5, 0.6) is 0 Å².